The van der Waals surface area contributed by atoms with Gasteiger partial charge in [0.1, 0.15) is 24.1 Å². The van der Waals surface area contributed by atoms with Gasteiger partial charge in [0.2, 0.25) is 5.88 Å². The number of fused-ring (bicyclic) bond motifs is 1. The van der Waals surface area contributed by atoms with Gasteiger partial charge < -0.3 is 18.8 Å². The van der Waals surface area contributed by atoms with Crippen molar-refractivity contribution in [1.82, 2.24) is 14.5 Å². The van der Waals surface area contributed by atoms with Gasteiger partial charge in [0.15, 0.2) is 0 Å². The molecular formula is C36H32F2N4O4. The summed E-state index contributed by atoms with van der Waals surface area (Å²) in [5.74, 6) is -0.403. The van der Waals surface area contributed by atoms with Crippen LogP contribution < -0.4 is 4.74 Å². The summed E-state index contributed by atoms with van der Waals surface area (Å²) in [6.45, 7) is 1.27. The molecule has 8 nitrogen and oxygen atoms in total. The van der Waals surface area contributed by atoms with Gasteiger partial charge in [-0.15, -0.1) is 0 Å². The van der Waals surface area contributed by atoms with Gasteiger partial charge in [-0.2, -0.15) is 5.26 Å². The SMILES string of the molecule is COCCC1(Cn2c(Cc3ccc(-c4cccc(OCc5ccc(C#N)cc5F)n4)cc3F)nc3ccc(C(=O)OC)cc32)CC1. The molecule has 2 heterocycles. The van der Waals surface area contributed by atoms with Crippen LogP contribution in [0, 0.1) is 28.4 Å². The number of benzene rings is 3. The number of ether oxygens (including phenoxy) is 3. The highest BCUT2D eigenvalue weighted by Crippen LogP contribution is 2.51. The minimum atomic E-state index is -0.535. The van der Waals surface area contributed by atoms with Gasteiger partial charge in [-0.1, -0.05) is 24.3 Å². The maximum atomic E-state index is 15.7. The molecule has 2 aromatic heterocycles. The summed E-state index contributed by atoms with van der Waals surface area (Å²) >= 11 is 0. The highest BCUT2D eigenvalue weighted by atomic mass is 19.1. The van der Waals surface area contributed by atoms with E-state index in [1.54, 1.807) is 55.6 Å². The summed E-state index contributed by atoms with van der Waals surface area (Å²) in [4.78, 5) is 21.7. The fourth-order valence-corrected chi connectivity index (χ4v) is 5.61. The first-order valence-corrected chi connectivity index (χ1v) is 14.9. The first kappa shape index (κ1) is 30.9. The maximum absolute atomic E-state index is 15.7. The zero-order valence-electron chi connectivity index (χ0n) is 25.6. The number of carbonyl (C=O) groups excluding carboxylic acids is 1. The van der Waals surface area contributed by atoms with Gasteiger partial charge in [0.05, 0.1) is 41.0 Å². The Morgan fingerprint density at radius 1 is 0.978 bits per heavy atom. The van der Waals surface area contributed by atoms with Crippen molar-refractivity contribution in [3.05, 3.63) is 113 Å². The van der Waals surface area contributed by atoms with Crippen molar-refractivity contribution in [2.45, 2.75) is 38.8 Å². The zero-order chi connectivity index (χ0) is 32.3. The van der Waals surface area contributed by atoms with Crippen molar-refractivity contribution in [2.24, 2.45) is 5.41 Å². The van der Waals surface area contributed by atoms with Crippen LogP contribution in [0.1, 0.15) is 52.1 Å². The molecule has 6 rings (SSSR count). The Bertz CT molecular complexity index is 1960. The average molecular weight is 623 g/mol. The summed E-state index contributed by atoms with van der Waals surface area (Å²) in [6, 6.07) is 21.5. The van der Waals surface area contributed by atoms with Gasteiger partial charge in [-0.3, -0.25) is 0 Å². The predicted octanol–water partition coefficient (Wildman–Crippen LogP) is 7.02. The van der Waals surface area contributed by atoms with Crippen LogP contribution in [0.4, 0.5) is 8.78 Å². The van der Waals surface area contributed by atoms with Gasteiger partial charge in [0, 0.05) is 43.9 Å². The Labute approximate surface area is 265 Å². The molecule has 0 aliphatic heterocycles. The van der Waals surface area contributed by atoms with E-state index in [2.05, 4.69) is 9.55 Å². The number of hydrogen-bond acceptors (Lipinski definition) is 7. The third kappa shape index (κ3) is 6.60. The molecule has 0 N–H and O–H groups in total. The van der Waals surface area contributed by atoms with Crippen LogP contribution in [0.2, 0.25) is 0 Å². The molecular weight excluding hydrogens is 590 g/mol. The number of aromatic nitrogens is 3. The van der Waals surface area contributed by atoms with Crippen molar-refractivity contribution in [2.75, 3.05) is 20.8 Å². The standard InChI is InChI=1S/C36H32F2N4O4/c1-44-15-14-36(12-13-36)22-42-32-18-26(35(43)45-2)10-11-31(32)40-33(42)19-24-8-9-25(17-29(24)38)30-4-3-5-34(41-30)46-21-27-7-6-23(20-39)16-28(27)37/h3-11,16-18H,12-15,19,21-22H2,1-2H3. The first-order valence-electron chi connectivity index (χ1n) is 14.9. The number of methoxy groups -OCH3 is 2. The van der Waals surface area contributed by atoms with Crippen molar-refractivity contribution in [3.63, 3.8) is 0 Å². The van der Waals surface area contributed by atoms with Crippen LogP contribution in [0.5, 0.6) is 5.88 Å². The molecule has 5 aromatic rings. The smallest absolute Gasteiger partial charge is 0.337 e. The highest BCUT2D eigenvalue weighted by Gasteiger charge is 2.43. The lowest BCUT2D eigenvalue weighted by Gasteiger charge is -2.18. The normalized spacial score (nSPS) is 13.4. The van der Waals surface area contributed by atoms with E-state index in [1.165, 1.54) is 25.3 Å². The summed E-state index contributed by atoms with van der Waals surface area (Å²) in [7, 11) is 3.05. The number of esters is 1. The fraction of sp³-hybridized carbons (Fsp3) is 0.278. The molecule has 46 heavy (non-hydrogen) atoms. The van der Waals surface area contributed by atoms with Crippen LogP contribution in [0.25, 0.3) is 22.3 Å². The molecule has 0 radical (unpaired) electrons. The third-order valence-corrected chi connectivity index (χ3v) is 8.51. The quantitative estimate of drug-likeness (QED) is 0.138. The molecule has 0 saturated heterocycles. The Balaban J connectivity index is 1.24. The molecule has 0 amide bonds. The van der Waals surface area contributed by atoms with E-state index in [0.29, 0.717) is 46.9 Å². The lowest BCUT2D eigenvalue weighted by atomic mass is 10.0. The summed E-state index contributed by atoms with van der Waals surface area (Å²) < 4.78 is 48.1. The Hall–Kier alpha value is -5.14. The second-order valence-electron chi connectivity index (χ2n) is 11.6. The average Bonchev–Trinajstić information content (AvgIpc) is 3.77. The van der Waals surface area contributed by atoms with Crippen LogP contribution in [-0.4, -0.2) is 41.3 Å². The first-order chi connectivity index (χ1) is 22.3. The zero-order valence-corrected chi connectivity index (χ0v) is 25.6. The third-order valence-electron chi connectivity index (χ3n) is 8.51. The number of pyridine rings is 1. The van der Waals surface area contributed by atoms with E-state index < -0.39 is 17.6 Å². The lowest BCUT2D eigenvalue weighted by Crippen LogP contribution is -2.16. The summed E-state index contributed by atoms with van der Waals surface area (Å²) in [5, 5.41) is 8.95. The van der Waals surface area contributed by atoms with E-state index in [-0.39, 0.29) is 29.9 Å². The van der Waals surface area contributed by atoms with E-state index >= 15 is 4.39 Å². The second kappa shape index (κ2) is 13.1. The maximum Gasteiger partial charge on any atom is 0.337 e. The monoisotopic (exact) mass is 622 g/mol. The summed E-state index contributed by atoms with van der Waals surface area (Å²) in [6.07, 6.45) is 3.28. The molecule has 1 aliphatic carbocycles. The van der Waals surface area contributed by atoms with E-state index in [1.807, 2.05) is 6.07 Å². The Kier molecular flexibility index (Phi) is 8.77. The van der Waals surface area contributed by atoms with Crippen LogP contribution in [0.15, 0.2) is 72.8 Å². The van der Waals surface area contributed by atoms with Crippen molar-refractivity contribution < 1.29 is 27.8 Å². The number of halogens is 2. The Morgan fingerprint density at radius 2 is 1.78 bits per heavy atom. The molecule has 1 saturated carbocycles. The number of carbonyl (C=O) groups is 1. The molecule has 10 heteroatoms. The fourth-order valence-electron chi connectivity index (χ4n) is 5.61. The summed E-state index contributed by atoms with van der Waals surface area (Å²) in [5.41, 5.74) is 4.09. The van der Waals surface area contributed by atoms with E-state index in [0.717, 1.165) is 36.4 Å². The predicted molar refractivity (Wildman–Crippen MR) is 167 cm³/mol. The number of nitrogens with zero attached hydrogens (tertiary/aromatic N) is 4. The lowest BCUT2D eigenvalue weighted by molar-refractivity contribution is 0.0601. The van der Waals surface area contributed by atoms with Crippen molar-refractivity contribution in [3.8, 4) is 23.2 Å². The molecule has 0 unspecified atom stereocenters. The van der Waals surface area contributed by atoms with Crippen molar-refractivity contribution in [1.29, 1.82) is 5.26 Å². The number of nitriles is 1. The molecule has 0 spiro atoms. The van der Waals surface area contributed by atoms with Crippen LogP contribution in [-0.2, 0) is 29.0 Å². The molecule has 234 valence electrons. The van der Waals surface area contributed by atoms with Gasteiger partial charge in [-0.25, -0.2) is 23.5 Å². The van der Waals surface area contributed by atoms with Crippen LogP contribution >= 0.6 is 0 Å². The largest absolute Gasteiger partial charge is 0.473 e. The minimum Gasteiger partial charge on any atom is -0.473 e. The molecule has 0 atom stereocenters. The highest BCUT2D eigenvalue weighted by molar-refractivity contribution is 5.93. The van der Waals surface area contributed by atoms with E-state index in [9.17, 15) is 9.18 Å². The van der Waals surface area contributed by atoms with Gasteiger partial charge in [0.25, 0.3) is 0 Å². The Morgan fingerprint density at radius 3 is 2.50 bits per heavy atom. The molecule has 3 aromatic carbocycles. The second-order valence-corrected chi connectivity index (χ2v) is 11.6. The minimum absolute atomic E-state index is 0.0732. The van der Waals surface area contributed by atoms with Gasteiger partial charge in [-0.05, 0) is 72.7 Å². The van der Waals surface area contributed by atoms with Gasteiger partial charge >= 0.3 is 5.97 Å². The van der Waals surface area contributed by atoms with Crippen LogP contribution in [0.3, 0.4) is 0 Å². The topological polar surface area (TPSA) is 99.3 Å². The molecule has 1 fully saturated rings. The number of imidazole rings is 1. The van der Waals surface area contributed by atoms with Crippen molar-refractivity contribution >= 4 is 17.0 Å². The number of hydrogen-bond donors (Lipinski definition) is 0. The van der Waals surface area contributed by atoms with E-state index in [4.69, 9.17) is 24.5 Å². The molecule has 1 aliphatic rings. The number of rotatable bonds is 12. The molecule has 0 bridgehead atoms.